The van der Waals surface area contributed by atoms with Gasteiger partial charge in [-0.3, -0.25) is 9.59 Å². The van der Waals surface area contributed by atoms with Gasteiger partial charge in [-0.25, -0.2) is 17.9 Å². The predicted octanol–water partition coefficient (Wildman–Crippen LogP) is 6.47. The highest BCUT2D eigenvalue weighted by Crippen LogP contribution is 2.48. The normalized spacial score (nSPS) is 21.9. The molecule has 0 spiro atoms. The molecule has 0 radical (unpaired) electrons. The molecule has 1 aliphatic carbocycles. The molecule has 9 nitrogen and oxygen atoms in total. The molecule has 2 aliphatic rings. The third-order valence-electron chi connectivity index (χ3n) is 8.11. The van der Waals surface area contributed by atoms with Crippen molar-refractivity contribution in [2.45, 2.75) is 82.6 Å². The smallest absolute Gasteiger partial charge is 0.348 e. The topological polar surface area (TPSA) is 122 Å². The second kappa shape index (κ2) is 13.6. The molecule has 1 fully saturated rings. The fraction of sp³-hybridized carbons (Fsp3) is 0.424. The molecule has 246 valence electrons. The summed E-state index contributed by atoms with van der Waals surface area (Å²) in [6, 6.07) is 11.7. The van der Waals surface area contributed by atoms with E-state index in [1.54, 1.807) is 79.6 Å². The summed E-state index contributed by atoms with van der Waals surface area (Å²) in [4.78, 5) is 43.4. The van der Waals surface area contributed by atoms with Crippen LogP contribution in [-0.2, 0) is 26.1 Å². The zero-order valence-electron chi connectivity index (χ0n) is 26.0. The number of sulfonamides is 1. The minimum absolute atomic E-state index is 0.132. The maximum absolute atomic E-state index is 14.4. The van der Waals surface area contributed by atoms with Crippen molar-refractivity contribution in [3.63, 3.8) is 0 Å². The van der Waals surface area contributed by atoms with E-state index in [9.17, 15) is 22.8 Å². The van der Waals surface area contributed by atoms with Crippen molar-refractivity contribution in [3.05, 3.63) is 91.1 Å². The molecule has 2 N–H and O–H groups in total. The molecule has 4 atom stereocenters. The van der Waals surface area contributed by atoms with Crippen LogP contribution >= 0.6 is 34.5 Å². The molecule has 0 unspecified atom stereocenters. The summed E-state index contributed by atoms with van der Waals surface area (Å²) in [5, 5.41) is 5.51. The minimum atomic E-state index is -3.60. The summed E-state index contributed by atoms with van der Waals surface area (Å²) in [7, 11) is -3.60. The Kier molecular flexibility index (Phi) is 10.2. The minimum Gasteiger partial charge on any atom is -0.456 e. The van der Waals surface area contributed by atoms with Gasteiger partial charge in [0.25, 0.3) is 5.91 Å². The maximum atomic E-state index is 14.4. The number of carbonyl (C=O) groups is 3. The Morgan fingerprint density at radius 2 is 1.76 bits per heavy atom. The molecule has 1 saturated carbocycles. The molecule has 1 aliphatic heterocycles. The van der Waals surface area contributed by atoms with Gasteiger partial charge in [-0.2, -0.15) is 0 Å². The summed E-state index contributed by atoms with van der Waals surface area (Å²) < 4.78 is 33.1. The lowest BCUT2D eigenvalue weighted by Gasteiger charge is -2.49. The third kappa shape index (κ3) is 7.77. The molecule has 1 aromatic heterocycles. The van der Waals surface area contributed by atoms with Crippen LogP contribution in [0.1, 0.15) is 95.1 Å². The third-order valence-corrected chi connectivity index (χ3v) is 10.4. The zero-order chi connectivity index (χ0) is 33.4. The van der Waals surface area contributed by atoms with E-state index in [0.717, 1.165) is 24.7 Å². The van der Waals surface area contributed by atoms with Crippen molar-refractivity contribution >= 4 is 62.3 Å². The zero-order valence-corrected chi connectivity index (χ0v) is 29.2. The fourth-order valence-electron chi connectivity index (χ4n) is 6.33. The number of thiophene rings is 1. The van der Waals surface area contributed by atoms with Crippen molar-refractivity contribution < 1.29 is 27.5 Å². The van der Waals surface area contributed by atoms with E-state index in [0.29, 0.717) is 39.4 Å². The first kappa shape index (κ1) is 34.4. The van der Waals surface area contributed by atoms with Crippen molar-refractivity contribution in [3.8, 4) is 0 Å². The molecule has 0 bridgehead atoms. The van der Waals surface area contributed by atoms with Gasteiger partial charge in [-0.15, -0.1) is 11.3 Å². The molecular weight excluding hydrogens is 669 g/mol. The Morgan fingerprint density at radius 1 is 1.04 bits per heavy atom. The second-order valence-corrected chi connectivity index (χ2v) is 16.3. The number of rotatable bonds is 8. The van der Waals surface area contributed by atoms with E-state index in [1.807, 2.05) is 0 Å². The monoisotopic (exact) mass is 705 g/mol. The van der Waals surface area contributed by atoms with Crippen molar-refractivity contribution in [2.24, 2.45) is 0 Å². The Labute approximate surface area is 283 Å². The molecular formula is C33H37Cl2N3O6S2. The summed E-state index contributed by atoms with van der Waals surface area (Å²) in [5.41, 5.74) is 1.53. The van der Waals surface area contributed by atoms with Crippen LogP contribution in [0.4, 0.5) is 0 Å². The van der Waals surface area contributed by atoms with Crippen molar-refractivity contribution in [1.82, 2.24) is 14.9 Å². The molecule has 2 heterocycles. The number of esters is 1. The Hall–Kier alpha value is -2.96. The number of hydrogen-bond acceptors (Lipinski definition) is 7. The SMILES string of the molecule is CC(C)(C)OC(=O)c1cc(CNC(=O)[C@@H]2c3ccccc3C(=O)N([C@H]3CCCC[C@@H]3NS(C)(=O)=O)[C@H]2c2ccc(Cl)cc2Cl)cs1. The number of hydrogen-bond donors (Lipinski definition) is 2. The van der Waals surface area contributed by atoms with Gasteiger partial charge in [0.05, 0.1) is 18.2 Å². The molecule has 3 aromatic rings. The average Bonchev–Trinajstić information content (AvgIpc) is 3.44. The molecule has 0 saturated heterocycles. The fourth-order valence-corrected chi connectivity index (χ4v) is 8.46. The number of carbonyl (C=O) groups excluding carboxylic acids is 3. The number of ether oxygens (including phenoxy) is 1. The number of fused-ring (bicyclic) bond motifs is 1. The molecule has 5 rings (SSSR count). The van der Waals surface area contributed by atoms with Gasteiger partial charge in [0.2, 0.25) is 15.9 Å². The number of amides is 2. The van der Waals surface area contributed by atoms with Crippen molar-refractivity contribution in [1.29, 1.82) is 0 Å². The average molecular weight is 707 g/mol. The summed E-state index contributed by atoms with van der Waals surface area (Å²) in [6.45, 7) is 5.52. The molecule has 46 heavy (non-hydrogen) atoms. The highest BCUT2D eigenvalue weighted by molar-refractivity contribution is 7.88. The Morgan fingerprint density at radius 3 is 2.46 bits per heavy atom. The predicted molar refractivity (Wildman–Crippen MR) is 180 cm³/mol. The van der Waals surface area contributed by atoms with Crippen LogP contribution in [0.2, 0.25) is 10.0 Å². The van der Waals surface area contributed by atoms with Crippen LogP contribution in [0.3, 0.4) is 0 Å². The first-order chi connectivity index (χ1) is 21.6. The van der Waals surface area contributed by atoms with Gasteiger partial charge in [0, 0.05) is 34.2 Å². The van der Waals surface area contributed by atoms with Crippen LogP contribution in [0.15, 0.2) is 53.9 Å². The lowest BCUT2D eigenvalue weighted by Crippen LogP contribution is -2.59. The maximum Gasteiger partial charge on any atom is 0.348 e. The summed E-state index contributed by atoms with van der Waals surface area (Å²) in [6.07, 6.45) is 3.77. The van der Waals surface area contributed by atoms with E-state index in [4.69, 9.17) is 27.9 Å². The standard InChI is InChI=1S/C33H37Cl2N3O6S2/c1-33(2,3)44-32(41)27-15-19(18-45-27)17-36-30(39)28-21-9-5-6-10-22(21)31(40)38(29(28)23-14-13-20(34)16-24(23)35)26-12-8-7-11-25(26)37-46(4,42)43/h5-6,9-10,13-16,18,25-26,28-29,37H,7-8,11-12,17H2,1-4H3,(H,36,39)/t25-,26-,28+,29-/m0/s1. The van der Waals surface area contributed by atoms with Gasteiger partial charge in [-0.05, 0) is 79.9 Å². The van der Waals surface area contributed by atoms with Crippen LogP contribution in [0, 0.1) is 0 Å². The van der Waals surface area contributed by atoms with Crippen molar-refractivity contribution in [2.75, 3.05) is 6.26 Å². The first-order valence-electron chi connectivity index (χ1n) is 15.1. The quantitative estimate of drug-likeness (QED) is 0.259. The van der Waals surface area contributed by atoms with E-state index in [-0.39, 0.29) is 23.4 Å². The summed E-state index contributed by atoms with van der Waals surface area (Å²) in [5.74, 6) is -1.98. The summed E-state index contributed by atoms with van der Waals surface area (Å²) >= 11 is 14.3. The lowest BCUT2D eigenvalue weighted by molar-refractivity contribution is -0.124. The van der Waals surface area contributed by atoms with Crippen LogP contribution in [0.5, 0.6) is 0 Å². The van der Waals surface area contributed by atoms with E-state index >= 15 is 0 Å². The number of benzene rings is 2. The highest BCUT2D eigenvalue weighted by Gasteiger charge is 2.49. The van der Waals surface area contributed by atoms with Gasteiger partial charge in [-0.1, -0.05) is 60.3 Å². The second-order valence-electron chi connectivity index (χ2n) is 12.8. The van der Waals surface area contributed by atoms with Crippen LogP contribution in [-0.4, -0.2) is 55.0 Å². The van der Waals surface area contributed by atoms with E-state index in [1.165, 1.54) is 11.3 Å². The number of nitrogens with one attached hydrogen (secondary N) is 2. The van der Waals surface area contributed by atoms with E-state index in [2.05, 4.69) is 10.0 Å². The Balaban J connectivity index is 1.55. The van der Waals surface area contributed by atoms with Gasteiger partial charge in [0.1, 0.15) is 10.5 Å². The highest BCUT2D eigenvalue weighted by atomic mass is 35.5. The van der Waals surface area contributed by atoms with Gasteiger partial charge < -0.3 is 15.0 Å². The van der Waals surface area contributed by atoms with Crippen LogP contribution < -0.4 is 10.0 Å². The Bertz CT molecular complexity index is 1750. The van der Waals surface area contributed by atoms with Crippen LogP contribution in [0.25, 0.3) is 0 Å². The van der Waals surface area contributed by atoms with E-state index < -0.39 is 45.6 Å². The molecule has 13 heteroatoms. The lowest BCUT2D eigenvalue weighted by atomic mass is 9.76. The number of halogens is 2. The largest absolute Gasteiger partial charge is 0.456 e. The van der Waals surface area contributed by atoms with Gasteiger partial charge >= 0.3 is 5.97 Å². The molecule has 2 aromatic carbocycles. The first-order valence-corrected chi connectivity index (χ1v) is 18.6. The van der Waals surface area contributed by atoms with Gasteiger partial charge in [0.15, 0.2) is 0 Å². The molecule has 2 amide bonds. The number of nitrogens with zero attached hydrogens (tertiary/aromatic N) is 1.